The maximum absolute atomic E-state index is 10.6. The molecule has 0 saturated heterocycles. The highest BCUT2D eigenvalue weighted by Crippen LogP contribution is 2.15. The zero-order valence-electron chi connectivity index (χ0n) is 18.2. The van der Waals surface area contributed by atoms with Gasteiger partial charge in [0.1, 0.15) is 0 Å². The third-order valence-electron chi connectivity index (χ3n) is 5.58. The number of aliphatic hydroxyl groups is 1. The standard InChI is InChI=1S/C24H49NO2/c25-24(27)22-20-18-16-14-12-10-8-6-4-2-1-3-5-7-9-11-13-15-17-19-21-23-26/h26H,1-23H2,(H2,25,27). The molecule has 0 bridgehead atoms. The molecule has 0 unspecified atom stereocenters. The lowest BCUT2D eigenvalue weighted by atomic mass is 10.0. The lowest BCUT2D eigenvalue weighted by Gasteiger charge is -2.04. The van der Waals surface area contributed by atoms with E-state index in [4.69, 9.17) is 10.8 Å². The van der Waals surface area contributed by atoms with E-state index in [2.05, 4.69) is 0 Å². The molecule has 3 nitrogen and oxygen atoms in total. The first-order chi connectivity index (χ1) is 13.3. The zero-order chi connectivity index (χ0) is 19.8. The number of unbranched alkanes of at least 4 members (excludes halogenated alkanes) is 20. The van der Waals surface area contributed by atoms with E-state index in [1.807, 2.05) is 0 Å². The van der Waals surface area contributed by atoms with Crippen LogP contribution in [0.3, 0.4) is 0 Å². The molecule has 3 heteroatoms. The molecule has 0 aromatic heterocycles. The summed E-state index contributed by atoms with van der Waals surface area (Å²) in [5.74, 6) is -0.156. The van der Waals surface area contributed by atoms with Crippen LogP contribution in [0.15, 0.2) is 0 Å². The summed E-state index contributed by atoms with van der Waals surface area (Å²) in [5, 5.41) is 8.73. The van der Waals surface area contributed by atoms with Gasteiger partial charge < -0.3 is 10.8 Å². The van der Waals surface area contributed by atoms with E-state index >= 15 is 0 Å². The fourth-order valence-corrected chi connectivity index (χ4v) is 3.77. The summed E-state index contributed by atoms with van der Waals surface area (Å²) in [4.78, 5) is 10.6. The van der Waals surface area contributed by atoms with Gasteiger partial charge >= 0.3 is 0 Å². The van der Waals surface area contributed by atoms with Gasteiger partial charge in [0, 0.05) is 13.0 Å². The maximum Gasteiger partial charge on any atom is 0.217 e. The average Bonchev–Trinajstić information content (AvgIpc) is 2.65. The van der Waals surface area contributed by atoms with Crippen LogP contribution in [0.1, 0.15) is 141 Å². The first-order valence-electron chi connectivity index (χ1n) is 12.2. The maximum atomic E-state index is 10.6. The van der Waals surface area contributed by atoms with Crippen molar-refractivity contribution in [1.82, 2.24) is 0 Å². The fourth-order valence-electron chi connectivity index (χ4n) is 3.77. The van der Waals surface area contributed by atoms with Crippen LogP contribution in [0, 0.1) is 0 Å². The zero-order valence-corrected chi connectivity index (χ0v) is 18.2. The molecule has 0 fully saturated rings. The summed E-state index contributed by atoms with van der Waals surface area (Å²) in [5.41, 5.74) is 5.14. The van der Waals surface area contributed by atoms with Crippen molar-refractivity contribution >= 4 is 5.91 Å². The molecule has 0 radical (unpaired) electrons. The van der Waals surface area contributed by atoms with Crippen LogP contribution in [0.25, 0.3) is 0 Å². The van der Waals surface area contributed by atoms with Gasteiger partial charge in [0.05, 0.1) is 0 Å². The van der Waals surface area contributed by atoms with Gasteiger partial charge in [-0.1, -0.05) is 122 Å². The Bertz CT molecular complexity index is 294. The van der Waals surface area contributed by atoms with Crippen LogP contribution >= 0.6 is 0 Å². The van der Waals surface area contributed by atoms with Gasteiger partial charge in [-0.3, -0.25) is 4.79 Å². The average molecular weight is 384 g/mol. The molecule has 1 amide bonds. The normalized spacial score (nSPS) is 11.1. The van der Waals surface area contributed by atoms with Crippen molar-refractivity contribution < 1.29 is 9.90 Å². The second kappa shape index (κ2) is 23.5. The van der Waals surface area contributed by atoms with Crippen molar-refractivity contribution in [1.29, 1.82) is 0 Å². The van der Waals surface area contributed by atoms with Gasteiger partial charge in [0.15, 0.2) is 0 Å². The Balaban J connectivity index is 2.98. The molecule has 0 rings (SSSR count). The van der Waals surface area contributed by atoms with Gasteiger partial charge in [-0.25, -0.2) is 0 Å². The summed E-state index contributed by atoms with van der Waals surface area (Å²) in [6.45, 7) is 0.362. The van der Waals surface area contributed by atoms with Crippen LogP contribution < -0.4 is 5.73 Å². The summed E-state index contributed by atoms with van der Waals surface area (Å²) in [6, 6.07) is 0. The van der Waals surface area contributed by atoms with Gasteiger partial charge in [0.2, 0.25) is 5.91 Å². The van der Waals surface area contributed by atoms with Gasteiger partial charge in [-0.15, -0.1) is 0 Å². The molecule has 0 aliphatic heterocycles. The molecule has 0 saturated carbocycles. The van der Waals surface area contributed by atoms with Gasteiger partial charge in [-0.2, -0.15) is 0 Å². The minimum absolute atomic E-state index is 0.156. The number of rotatable bonds is 23. The number of primary amides is 1. The van der Waals surface area contributed by atoms with Crippen LogP contribution in [0.2, 0.25) is 0 Å². The molecule has 3 N–H and O–H groups in total. The number of nitrogens with two attached hydrogens (primary N) is 1. The van der Waals surface area contributed by atoms with Crippen LogP contribution in [-0.4, -0.2) is 17.6 Å². The van der Waals surface area contributed by atoms with Crippen molar-refractivity contribution in [2.45, 2.75) is 141 Å². The molecule has 0 atom stereocenters. The minimum atomic E-state index is -0.156. The van der Waals surface area contributed by atoms with Crippen LogP contribution in [0.4, 0.5) is 0 Å². The van der Waals surface area contributed by atoms with E-state index in [0.29, 0.717) is 13.0 Å². The molecule has 0 aromatic carbocycles. The highest BCUT2D eigenvalue weighted by Gasteiger charge is 1.96. The molecule has 27 heavy (non-hydrogen) atoms. The van der Waals surface area contributed by atoms with E-state index in [-0.39, 0.29) is 5.91 Å². The van der Waals surface area contributed by atoms with Crippen LogP contribution in [0.5, 0.6) is 0 Å². The van der Waals surface area contributed by atoms with Crippen LogP contribution in [-0.2, 0) is 4.79 Å². The molecular weight excluding hydrogens is 334 g/mol. The van der Waals surface area contributed by atoms with E-state index in [1.54, 1.807) is 0 Å². The number of hydrogen-bond acceptors (Lipinski definition) is 2. The molecule has 162 valence electrons. The third-order valence-corrected chi connectivity index (χ3v) is 5.58. The second-order valence-electron chi connectivity index (χ2n) is 8.36. The largest absolute Gasteiger partial charge is 0.396 e. The van der Waals surface area contributed by atoms with Gasteiger partial charge in [-0.05, 0) is 12.8 Å². The summed E-state index contributed by atoms with van der Waals surface area (Å²) in [6.07, 6.45) is 28.5. The molecule has 0 aliphatic carbocycles. The van der Waals surface area contributed by atoms with Crippen molar-refractivity contribution in [3.8, 4) is 0 Å². The number of carbonyl (C=O) groups excluding carboxylic acids is 1. The van der Waals surface area contributed by atoms with Gasteiger partial charge in [0.25, 0.3) is 0 Å². The molecule has 0 aromatic rings. The SMILES string of the molecule is NC(=O)CCCCCCCCCCCCCCCCCCCCCCCO. The number of amides is 1. The predicted octanol–water partition coefficient (Wildman–Crippen LogP) is 7.05. The minimum Gasteiger partial charge on any atom is -0.396 e. The summed E-state index contributed by atoms with van der Waals surface area (Å²) >= 11 is 0. The molecular formula is C24H49NO2. The number of aliphatic hydroxyl groups excluding tert-OH is 1. The Labute approximate surface area is 169 Å². The predicted molar refractivity (Wildman–Crippen MR) is 118 cm³/mol. The lowest BCUT2D eigenvalue weighted by Crippen LogP contribution is -2.09. The Morgan fingerprint density at radius 3 is 0.889 bits per heavy atom. The topological polar surface area (TPSA) is 63.3 Å². The first kappa shape index (κ1) is 26.4. The molecule has 0 aliphatic rings. The van der Waals surface area contributed by atoms with E-state index in [1.165, 1.54) is 116 Å². The first-order valence-corrected chi connectivity index (χ1v) is 12.2. The second-order valence-corrected chi connectivity index (χ2v) is 8.36. The summed E-state index contributed by atoms with van der Waals surface area (Å²) in [7, 11) is 0. The lowest BCUT2D eigenvalue weighted by molar-refractivity contribution is -0.118. The Morgan fingerprint density at radius 1 is 0.444 bits per heavy atom. The number of hydrogen-bond donors (Lipinski definition) is 2. The monoisotopic (exact) mass is 383 g/mol. The van der Waals surface area contributed by atoms with Crippen molar-refractivity contribution in [2.75, 3.05) is 6.61 Å². The number of carbonyl (C=O) groups is 1. The Hall–Kier alpha value is -0.570. The van der Waals surface area contributed by atoms with Crippen molar-refractivity contribution in [3.05, 3.63) is 0 Å². The molecule has 0 heterocycles. The quantitative estimate of drug-likeness (QED) is 0.186. The van der Waals surface area contributed by atoms with E-state index in [0.717, 1.165) is 19.3 Å². The van der Waals surface area contributed by atoms with E-state index in [9.17, 15) is 4.79 Å². The smallest absolute Gasteiger partial charge is 0.217 e. The highest BCUT2D eigenvalue weighted by molar-refractivity contribution is 5.73. The fraction of sp³-hybridized carbons (Fsp3) is 0.958. The van der Waals surface area contributed by atoms with Crippen molar-refractivity contribution in [3.63, 3.8) is 0 Å². The Kier molecular flexibility index (Phi) is 23.0. The summed E-state index contributed by atoms with van der Waals surface area (Å²) < 4.78 is 0. The Morgan fingerprint density at radius 2 is 0.667 bits per heavy atom. The van der Waals surface area contributed by atoms with Crippen molar-refractivity contribution in [2.24, 2.45) is 5.73 Å². The van der Waals surface area contributed by atoms with E-state index < -0.39 is 0 Å². The third kappa shape index (κ3) is 25.4. The highest BCUT2D eigenvalue weighted by atomic mass is 16.2. The molecule has 0 spiro atoms.